The molecule has 15 heteroatoms. The maximum atomic E-state index is 14.2. The lowest BCUT2D eigenvalue weighted by Gasteiger charge is -2.25. The van der Waals surface area contributed by atoms with Gasteiger partial charge in [-0.2, -0.15) is 0 Å². The summed E-state index contributed by atoms with van der Waals surface area (Å²) in [5, 5.41) is 7.94. The summed E-state index contributed by atoms with van der Waals surface area (Å²) < 4.78 is 41.2. The summed E-state index contributed by atoms with van der Waals surface area (Å²) in [5.74, 6) is -3.85. The van der Waals surface area contributed by atoms with E-state index in [4.69, 9.17) is 33.2 Å². The summed E-state index contributed by atoms with van der Waals surface area (Å²) in [4.78, 5) is 69.1. The summed E-state index contributed by atoms with van der Waals surface area (Å²) in [6, 6.07) is 42.6. The Kier molecular flexibility index (Phi) is 16.5. The normalized spacial score (nSPS) is 16.4. The molecule has 0 bridgehead atoms. The SMILES string of the molecule is CN[C@H]1COC(=O)[C@@H](NC(=O)c2cccc(OCc3ccccc3)c2OCc2ccccc2)COC(=O)[C@@H](NC(=O)c2cccc(OCc3ccccc3)c2OCc2ccccc2)COC1=O. The molecule has 15 nitrogen and oxygen atoms in total. The van der Waals surface area contributed by atoms with Gasteiger partial charge in [-0.15, -0.1) is 0 Å². The van der Waals surface area contributed by atoms with Gasteiger partial charge in [0.1, 0.15) is 52.3 Å². The lowest BCUT2D eigenvalue weighted by atomic mass is 10.1. The van der Waals surface area contributed by atoms with Crippen molar-refractivity contribution in [3.8, 4) is 23.0 Å². The van der Waals surface area contributed by atoms with Gasteiger partial charge in [0.15, 0.2) is 35.1 Å². The fraction of sp³-hybridized carbons (Fsp3) is 0.212. The highest BCUT2D eigenvalue weighted by molar-refractivity contribution is 6.01. The molecule has 0 aliphatic carbocycles. The molecule has 7 rings (SSSR count). The Hall–Kier alpha value is -8.17. The second-order valence-corrected chi connectivity index (χ2v) is 15.1. The van der Waals surface area contributed by atoms with Crippen molar-refractivity contribution in [3.05, 3.63) is 191 Å². The van der Waals surface area contributed by atoms with E-state index >= 15 is 0 Å². The first-order chi connectivity index (χ1) is 32.7. The number of amides is 2. The van der Waals surface area contributed by atoms with E-state index in [0.29, 0.717) is 0 Å². The largest absolute Gasteiger partial charge is 0.485 e. The zero-order chi connectivity index (χ0) is 46.8. The molecule has 344 valence electrons. The van der Waals surface area contributed by atoms with Gasteiger partial charge in [0.25, 0.3) is 11.8 Å². The molecule has 1 fully saturated rings. The second kappa shape index (κ2) is 23.7. The monoisotopic (exact) mass is 907 g/mol. The number of carbonyl (C=O) groups is 5. The first-order valence-electron chi connectivity index (χ1n) is 21.5. The predicted molar refractivity (Wildman–Crippen MR) is 244 cm³/mol. The molecular weight excluding hydrogens is 859 g/mol. The Morgan fingerprint density at radius 2 is 0.746 bits per heavy atom. The molecule has 0 aromatic heterocycles. The van der Waals surface area contributed by atoms with Crippen LogP contribution in [0.25, 0.3) is 0 Å². The zero-order valence-electron chi connectivity index (χ0n) is 36.6. The number of ether oxygens (including phenoxy) is 7. The maximum Gasteiger partial charge on any atom is 0.332 e. The summed E-state index contributed by atoms with van der Waals surface area (Å²) in [6.45, 7) is -1.40. The van der Waals surface area contributed by atoms with Crippen LogP contribution < -0.4 is 34.9 Å². The quantitative estimate of drug-likeness (QED) is 0.0702. The van der Waals surface area contributed by atoms with Crippen LogP contribution in [-0.4, -0.2) is 74.7 Å². The molecule has 3 N–H and O–H groups in total. The Morgan fingerprint density at radius 3 is 1.09 bits per heavy atom. The molecule has 3 atom stereocenters. The molecule has 6 aromatic carbocycles. The third-order valence-electron chi connectivity index (χ3n) is 10.4. The van der Waals surface area contributed by atoms with Gasteiger partial charge < -0.3 is 49.1 Å². The minimum Gasteiger partial charge on any atom is -0.485 e. The Bertz CT molecular complexity index is 2450. The minimum absolute atomic E-state index is 0.00817. The number of nitrogens with one attached hydrogen (secondary N) is 3. The number of hydrogen-bond acceptors (Lipinski definition) is 13. The van der Waals surface area contributed by atoms with E-state index in [-0.39, 0.29) is 60.6 Å². The van der Waals surface area contributed by atoms with Gasteiger partial charge in [0, 0.05) is 0 Å². The van der Waals surface area contributed by atoms with Crippen molar-refractivity contribution in [3.63, 3.8) is 0 Å². The molecule has 0 unspecified atom stereocenters. The molecule has 1 heterocycles. The van der Waals surface area contributed by atoms with Crippen LogP contribution in [0.4, 0.5) is 0 Å². The smallest absolute Gasteiger partial charge is 0.332 e. The van der Waals surface area contributed by atoms with Crippen LogP contribution in [0.15, 0.2) is 158 Å². The van der Waals surface area contributed by atoms with Crippen molar-refractivity contribution in [2.45, 2.75) is 44.6 Å². The fourth-order valence-electron chi connectivity index (χ4n) is 6.72. The van der Waals surface area contributed by atoms with E-state index in [9.17, 15) is 24.0 Å². The average Bonchev–Trinajstić information content (AvgIpc) is 3.37. The van der Waals surface area contributed by atoms with Gasteiger partial charge in [-0.25, -0.2) is 9.59 Å². The van der Waals surface area contributed by atoms with Gasteiger partial charge in [0.2, 0.25) is 0 Å². The van der Waals surface area contributed by atoms with Gasteiger partial charge in [0.05, 0.1) is 11.1 Å². The van der Waals surface area contributed by atoms with Crippen LogP contribution in [0.5, 0.6) is 23.0 Å². The first kappa shape index (κ1) is 46.8. The number of rotatable bonds is 17. The number of esters is 3. The lowest BCUT2D eigenvalue weighted by Crippen LogP contribution is -2.52. The highest BCUT2D eigenvalue weighted by Crippen LogP contribution is 2.34. The highest BCUT2D eigenvalue weighted by Gasteiger charge is 2.34. The predicted octanol–water partition coefficient (Wildman–Crippen LogP) is 6.13. The molecule has 6 aromatic rings. The van der Waals surface area contributed by atoms with Crippen LogP contribution in [0, 0.1) is 0 Å². The molecule has 1 aliphatic heterocycles. The van der Waals surface area contributed by atoms with Crippen LogP contribution in [0.3, 0.4) is 0 Å². The van der Waals surface area contributed by atoms with E-state index in [1.165, 1.54) is 19.2 Å². The summed E-state index contributed by atoms with van der Waals surface area (Å²) >= 11 is 0. The van der Waals surface area contributed by atoms with E-state index in [0.717, 1.165) is 22.3 Å². The van der Waals surface area contributed by atoms with Crippen molar-refractivity contribution in [2.75, 3.05) is 26.9 Å². The maximum absolute atomic E-state index is 14.2. The van der Waals surface area contributed by atoms with Crippen LogP contribution in [0.2, 0.25) is 0 Å². The third-order valence-corrected chi connectivity index (χ3v) is 10.4. The van der Waals surface area contributed by atoms with E-state index in [1.807, 2.05) is 121 Å². The molecular formula is C52H49N3O12. The summed E-state index contributed by atoms with van der Waals surface area (Å²) in [7, 11) is 1.45. The third kappa shape index (κ3) is 13.2. The van der Waals surface area contributed by atoms with E-state index in [2.05, 4.69) is 16.0 Å². The highest BCUT2D eigenvalue weighted by atomic mass is 16.6. The van der Waals surface area contributed by atoms with E-state index < -0.39 is 67.7 Å². The molecule has 0 saturated carbocycles. The van der Waals surface area contributed by atoms with Crippen molar-refractivity contribution >= 4 is 29.7 Å². The molecule has 1 saturated heterocycles. The van der Waals surface area contributed by atoms with Crippen molar-refractivity contribution < 1.29 is 57.1 Å². The van der Waals surface area contributed by atoms with Crippen molar-refractivity contribution in [2.24, 2.45) is 0 Å². The van der Waals surface area contributed by atoms with Gasteiger partial charge >= 0.3 is 17.9 Å². The number of likely N-dealkylation sites (N-methyl/N-ethyl adjacent to an activating group) is 1. The average molecular weight is 908 g/mol. The van der Waals surface area contributed by atoms with Crippen molar-refractivity contribution in [1.82, 2.24) is 16.0 Å². The second-order valence-electron chi connectivity index (χ2n) is 15.1. The molecule has 67 heavy (non-hydrogen) atoms. The molecule has 0 spiro atoms. The Morgan fingerprint density at radius 1 is 0.433 bits per heavy atom. The van der Waals surface area contributed by atoms with Crippen molar-refractivity contribution in [1.29, 1.82) is 0 Å². The molecule has 1 aliphatic rings. The fourth-order valence-corrected chi connectivity index (χ4v) is 6.72. The standard InChI is InChI=1S/C52H49N3O12/c1-53-41-32-65-51(59)43(55-49(57)40-25-15-27-45(62-29-36-18-8-3-9-19-36)47(40)64-31-38-22-12-5-13-23-38)34-67-52(60)42(33-66-50(41)58)54-48(56)39-24-14-26-44(61-28-35-16-6-2-7-17-35)46(39)63-30-37-20-10-4-11-21-37/h2-27,41-43,53H,28-34H2,1H3,(H,54,56)(H,55,57)/t41-,42-,43-/m0/s1. The molecule has 0 radical (unpaired) electrons. The van der Waals surface area contributed by atoms with E-state index in [1.54, 1.807) is 24.3 Å². The zero-order valence-corrected chi connectivity index (χ0v) is 36.6. The number of para-hydroxylation sites is 2. The Balaban J connectivity index is 1.11. The summed E-state index contributed by atoms with van der Waals surface area (Å²) in [5.41, 5.74) is 3.41. The minimum atomic E-state index is -1.59. The number of carbonyl (C=O) groups excluding carboxylic acids is 5. The number of benzene rings is 6. The van der Waals surface area contributed by atoms with Crippen LogP contribution >= 0.6 is 0 Å². The first-order valence-corrected chi connectivity index (χ1v) is 21.5. The van der Waals surface area contributed by atoms with Crippen LogP contribution in [-0.2, 0) is 55.0 Å². The number of hydrogen-bond donors (Lipinski definition) is 3. The molecule has 2 amide bonds. The number of cyclic esters (lactones) is 3. The van der Waals surface area contributed by atoms with Crippen LogP contribution in [0.1, 0.15) is 43.0 Å². The summed E-state index contributed by atoms with van der Waals surface area (Å²) in [6.07, 6.45) is 0. The topological polar surface area (TPSA) is 186 Å². The van der Waals surface area contributed by atoms with Gasteiger partial charge in [-0.05, 0) is 53.6 Å². The Labute approximate surface area is 387 Å². The van der Waals surface area contributed by atoms with Gasteiger partial charge in [-0.3, -0.25) is 14.4 Å². The lowest BCUT2D eigenvalue weighted by molar-refractivity contribution is -0.160. The van der Waals surface area contributed by atoms with Gasteiger partial charge in [-0.1, -0.05) is 133 Å².